The van der Waals surface area contributed by atoms with Crippen LogP contribution in [-0.4, -0.2) is 35.4 Å². The molecule has 1 saturated heterocycles. The smallest absolute Gasteiger partial charge is 0.273 e. The fraction of sp³-hybridized carbons (Fsp3) is 0.368. The van der Waals surface area contributed by atoms with Crippen molar-refractivity contribution in [3.05, 3.63) is 64.4 Å². The quantitative estimate of drug-likeness (QED) is 0.930. The summed E-state index contributed by atoms with van der Waals surface area (Å²) in [6.45, 7) is 2.14. The van der Waals surface area contributed by atoms with Gasteiger partial charge in [-0.1, -0.05) is 35.9 Å². The van der Waals surface area contributed by atoms with E-state index >= 15 is 0 Å². The van der Waals surface area contributed by atoms with Gasteiger partial charge in [-0.2, -0.15) is 0 Å². The molecule has 2 heterocycles. The molecular weight excluding hydrogens is 322 g/mol. The summed E-state index contributed by atoms with van der Waals surface area (Å²) in [7, 11) is 0. The van der Waals surface area contributed by atoms with Gasteiger partial charge in [0.25, 0.3) is 5.91 Å². The summed E-state index contributed by atoms with van der Waals surface area (Å²) in [5.41, 5.74) is 2.74. The average Bonchev–Trinajstić information content (AvgIpc) is 3.47. The number of hydrogen-bond donors (Lipinski definition) is 1. The van der Waals surface area contributed by atoms with Gasteiger partial charge in [0.1, 0.15) is 5.69 Å². The van der Waals surface area contributed by atoms with Crippen LogP contribution in [0.25, 0.3) is 0 Å². The lowest BCUT2D eigenvalue weighted by Gasteiger charge is -2.36. The minimum atomic E-state index is -0.0649. The summed E-state index contributed by atoms with van der Waals surface area (Å²) in [6.07, 6.45) is 4.33. The van der Waals surface area contributed by atoms with Crippen molar-refractivity contribution in [2.75, 3.05) is 19.6 Å². The van der Waals surface area contributed by atoms with Crippen LogP contribution in [0.15, 0.2) is 42.6 Å². The maximum absolute atomic E-state index is 13.0. The minimum Gasteiger partial charge on any atom is -0.328 e. The van der Waals surface area contributed by atoms with Crippen molar-refractivity contribution in [1.82, 2.24) is 15.2 Å². The Morgan fingerprint density at radius 1 is 1.21 bits per heavy atom. The topological polar surface area (TPSA) is 45.2 Å². The number of halogens is 1. The lowest BCUT2D eigenvalue weighted by Crippen LogP contribution is -2.49. The summed E-state index contributed by atoms with van der Waals surface area (Å²) in [5, 5.41) is 4.05. The molecule has 1 unspecified atom stereocenters. The maximum Gasteiger partial charge on any atom is 0.273 e. The van der Waals surface area contributed by atoms with E-state index in [1.165, 1.54) is 18.4 Å². The Hall–Kier alpha value is -1.91. The second-order valence-corrected chi connectivity index (χ2v) is 6.90. The molecule has 1 saturated carbocycles. The average molecular weight is 342 g/mol. The lowest BCUT2D eigenvalue weighted by molar-refractivity contribution is 0.0628. The number of carbonyl (C=O) groups is 1. The van der Waals surface area contributed by atoms with Crippen molar-refractivity contribution >= 4 is 17.5 Å². The molecule has 2 fully saturated rings. The van der Waals surface area contributed by atoms with Crippen LogP contribution in [0.5, 0.6) is 0 Å². The first kappa shape index (κ1) is 15.6. The van der Waals surface area contributed by atoms with Crippen LogP contribution in [0, 0.1) is 0 Å². The van der Waals surface area contributed by atoms with Crippen LogP contribution >= 0.6 is 11.6 Å². The first-order valence-electron chi connectivity index (χ1n) is 8.46. The molecule has 2 aliphatic rings. The summed E-state index contributed by atoms with van der Waals surface area (Å²) in [6, 6.07) is 11.6. The summed E-state index contributed by atoms with van der Waals surface area (Å²) >= 11 is 6.35. The van der Waals surface area contributed by atoms with E-state index in [9.17, 15) is 4.79 Å². The number of rotatable bonds is 3. The van der Waals surface area contributed by atoms with Crippen LogP contribution in [0.4, 0.5) is 0 Å². The molecule has 4 rings (SSSR count). The van der Waals surface area contributed by atoms with Crippen molar-refractivity contribution in [3.8, 4) is 0 Å². The highest BCUT2D eigenvalue weighted by atomic mass is 35.5. The van der Waals surface area contributed by atoms with Crippen molar-refractivity contribution in [3.63, 3.8) is 0 Å². The number of carbonyl (C=O) groups excluding carboxylic acids is 1. The van der Waals surface area contributed by atoms with Gasteiger partial charge in [0, 0.05) is 30.9 Å². The standard InChI is InChI=1S/C19H20ClN3O/c20-16-4-2-1-3-15(16)18-12-21-9-10-23(18)19(24)17-8-7-14(11-22-17)13-5-6-13/h1-4,7-8,11,13,18,21H,5-6,9-10,12H2. The van der Waals surface area contributed by atoms with Gasteiger partial charge in [0.2, 0.25) is 0 Å². The van der Waals surface area contributed by atoms with Crippen LogP contribution < -0.4 is 5.32 Å². The van der Waals surface area contributed by atoms with E-state index in [1.807, 2.05) is 47.5 Å². The van der Waals surface area contributed by atoms with Gasteiger partial charge < -0.3 is 10.2 Å². The number of nitrogens with one attached hydrogen (secondary N) is 1. The summed E-state index contributed by atoms with van der Waals surface area (Å²) in [4.78, 5) is 19.3. The highest BCUT2D eigenvalue weighted by Gasteiger charge is 2.31. The molecule has 1 N–H and O–H groups in total. The van der Waals surface area contributed by atoms with Crippen molar-refractivity contribution in [2.24, 2.45) is 0 Å². The molecule has 2 aromatic rings. The van der Waals surface area contributed by atoms with Gasteiger partial charge in [0.15, 0.2) is 0 Å². The summed E-state index contributed by atoms with van der Waals surface area (Å²) < 4.78 is 0. The molecule has 1 aromatic heterocycles. The Bertz CT molecular complexity index is 743. The molecule has 1 aliphatic carbocycles. The van der Waals surface area contributed by atoms with Crippen LogP contribution in [-0.2, 0) is 0 Å². The Kier molecular flexibility index (Phi) is 4.25. The van der Waals surface area contributed by atoms with Gasteiger partial charge in [0.05, 0.1) is 6.04 Å². The minimum absolute atomic E-state index is 0.0243. The van der Waals surface area contributed by atoms with Gasteiger partial charge >= 0.3 is 0 Å². The first-order chi connectivity index (χ1) is 11.7. The Labute approximate surface area is 146 Å². The number of piperazine rings is 1. The second kappa shape index (κ2) is 6.54. The molecule has 5 heteroatoms. The molecule has 1 amide bonds. The zero-order valence-electron chi connectivity index (χ0n) is 13.4. The molecule has 0 spiro atoms. The Morgan fingerprint density at radius 3 is 2.75 bits per heavy atom. The van der Waals surface area contributed by atoms with E-state index < -0.39 is 0 Å². The highest BCUT2D eigenvalue weighted by Crippen LogP contribution is 2.39. The normalized spacial score (nSPS) is 20.9. The molecule has 24 heavy (non-hydrogen) atoms. The van der Waals surface area contributed by atoms with E-state index in [4.69, 9.17) is 11.6 Å². The zero-order chi connectivity index (χ0) is 16.5. The SMILES string of the molecule is O=C(c1ccc(C2CC2)cn1)N1CCNCC1c1ccccc1Cl. The molecule has 1 aliphatic heterocycles. The fourth-order valence-corrected chi connectivity index (χ4v) is 3.57. The van der Waals surface area contributed by atoms with Gasteiger partial charge in [-0.3, -0.25) is 9.78 Å². The lowest BCUT2D eigenvalue weighted by atomic mass is 10.0. The van der Waals surface area contributed by atoms with Crippen molar-refractivity contribution < 1.29 is 4.79 Å². The number of nitrogens with zero attached hydrogens (tertiary/aromatic N) is 2. The first-order valence-corrected chi connectivity index (χ1v) is 8.84. The van der Waals surface area contributed by atoms with Crippen molar-refractivity contribution in [1.29, 1.82) is 0 Å². The number of hydrogen-bond acceptors (Lipinski definition) is 3. The Balaban J connectivity index is 1.59. The molecule has 124 valence electrons. The van der Waals surface area contributed by atoms with Gasteiger partial charge in [-0.15, -0.1) is 0 Å². The van der Waals surface area contributed by atoms with Gasteiger partial charge in [-0.05, 0) is 42.0 Å². The predicted octanol–water partition coefficient (Wildman–Crippen LogP) is 3.40. The maximum atomic E-state index is 13.0. The van der Waals surface area contributed by atoms with E-state index in [0.29, 0.717) is 29.7 Å². The fourth-order valence-electron chi connectivity index (χ4n) is 3.31. The number of aromatic nitrogens is 1. The molecule has 0 radical (unpaired) electrons. The van der Waals surface area contributed by atoms with E-state index in [-0.39, 0.29) is 11.9 Å². The number of pyridine rings is 1. The zero-order valence-corrected chi connectivity index (χ0v) is 14.2. The third-order valence-electron chi connectivity index (χ3n) is 4.82. The largest absolute Gasteiger partial charge is 0.328 e. The van der Waals surface area contributed by atoms with E-state index in [2.05, 4.69) is 10.3 Å². The van der Waals surface area contributed by atoms with E-state index in [0.717, 1.165) is 12.1 Å². The van der Waals surface area contributed by atoms with Gasteiger partial charge in [-0.25, -0.2) is 0 Å². The predicted molar refractivity (Wildman–Crippen MR) is 94.3 cm³/mol. The third kappa shape index (κ3) is 3.04. The Morgan fingerprint density at radius 2 is 2.04 bits per heavy atom. The number of benzene rings is 1. The molecular formula is C19H20ClN3O. The number of amides is 1. The molecule has 1 atom stereocenters. The van der Waals surface area contributed by atoms with Crippen molar-refractivity contribution in [2.45, 2.75) is 24.8 Å². The third-order valence-corrected chi connectivity index (χ3v) is 5.17. The molecule has 1 aromatic carbocycles. The second-order valence-electron chi connectivity index (χ2n) is 6.49. The van der Waals surface area contributed by atoms with Crippen LogP contribution in [0.1, 0.15) is 46.4 Å². The van der Waals surface area contributed by atoms with E-state index in [1.54, 1.807) is 0 Å². The molecule has 4 nitrogen and oxygen atoms in total. The summed E-state index contributed by atoms with van der Waals surface area (Å²) in [5.74, 6) is 0.625. The highest BCUT2D eigenvalue weighted by molar-refractivity contribution is 6.31. The molecule has 0 bridgehead atoms. The van der Waals surface area contributed by atoms with Crippen LogP contribution in [0.3, 0.4) is 0 Å². The monoisotopic (exact) mass is 341 g/mol. The van der Waals surface area contributed by atoms with Crippen LogP contribution in [0.2, 0.25) is 5.02 Å².